The third-order valence-corrected chi connectivity index (χ3v) is 5.06. The summed E-state index contributed by atoms with van der Waals surface area (Å²) < 4.78 is 7.22. The van der Waals surface area contributed by atoms with Crippen molar-refractivity contribution in [2.75, 3.05) is 14.2 Å². The van der Waals surface area contributed by atoms with Crippen molar-refractivity contribution in [2.45, 2.75) is 33.5 Å². The highest BCUT2D eigenvalue weighted by atomic mass is 16.5. The lowest BCUT2D eigenvalue weighted by atomic mass is 10.1. The van der Waals surface area contributed by atoms with Crippen LogP contribution in [0, 0.1) is 13.8 Å². The number of methoxy groups -OCH3 is 1. The van der Waals surface area contributed by atoms with Crippen molar-refractivity contribution in [3.8, 4) is 5.75 Å². The van der Waals surface area contributed by atoms with E-state index in [0.717, 1.165) is 35.5 Å². The summed E-state index contributed by atoms with van der Waals surface area (Å²) in [7, 11) is 5.68. The van der Waals surface area contributed by atoms with Gasteiger partial charge in [0.25, 0.3) is 0 Å². The molecule has 2 aromatic carbocycles. The van der Waals surface area contributed by atoms with E-state index in [1.807, 2.05) is 49.9 Å². The Labute approximate surface area is 178 Å². The molecule has 1 aromatic heterocycles. The molecule has 158 valence electrons. The second-order valence-corrected chi connectivity index (χ2v) is 7.41. The van der Waals surface area contributed by atoms with Crippen LogP contribution >= 0.6 is 0 Å². The maximum absolute atomic E-state index is 5.24. The predicted octanol–water partition coefficient (Wildman–Crippen LogP) is 3.22. The van der Waals surface area contributed by atoms with E-state index in [-0.39, 0.29) is 0 Å². The van der Waals surface area contributed by atoms with Crippen LogP contribution in [0.3, 0.4) is 0 Å². The summed E-state index contributed by atoms with van der Waals surface area (Å²) in [6.07, 6.45) is 0. The van der Waals surface area contributed by atoms with E-state index >= 15 is 0 Å². The zero-order chi connectivity index (χ0) is 21.5. The molecule has 7 heteroatoms. The van der Waals surface area contributed by atoms with Crippen LogP contribution in [0.4, 0.5) is 0 Å². The molecule has 0 unspecified atom stereocenters. The van der Waals surface area contributed by atoms with Gasteiger partial charge in [0.15, 0.2) is 11.8 Å². The topological polar surface area (TPSA) is 67.6 Å². The average molecular weight is 407 g/mol. The van der Waals surface area contributed by atoms with Gasteiger partial charge in [0.2, 0.25) is 0 Å². The summed E-state index contributed by atoms with van der Waals surface area (Å²) in [5.41, 5.74) is 3.61. The first kappa shape index (κ1) is 21.4. The molecular formula is C23H30N6O. The molecule has 0 bridgehead atoms. The molecule has 0 atom stereocenters. The van der Waals surface area contributed by atoms with E-state index in [1.165, 1.54) is 11.1 Å². The second-order valence-electron chi connectivity index (χ2n) is 7.41. The minimum Gasteiger partial charge on any atom is -0.497 e. The van der Waals surface area contributed by atoms with Gasteiger partial charge >= 0.3 is 0 Å². The monoisotopic (exact) mass is 406 g/mol. The average Bonchev–Trinajstić information content (AvgIpc) is 3.08. The van der Waals surface area contributed by atoms with E-state index in [4.69, 9.17) is 9.73 Å². The van der Waals surface area contributed by atoms with Crippen LogP contribution in [-0.4, -0.2) is 39.8 Å². The van der Waals surface area contributed by atoms with Gasteiger partial charge in [-0.1, -0.05) is 42.0 Å². The quantitative estimate of drug-likeness (QED) is 0.482. The fourth-order valence-corrected chi connectivity index (χ4v) is 3.01. The largest absolute Gasteiger partial charge is 0.497 e. The Morgan fingerprint density at radius 1 is 1.03 bits per heavy atom. The van der Waals surface area contributed by atoms with Crippen LogP contribution in [-0.2, 0) is 26.7 Å². The molecule has 0 fully saturated rings. The van der Waals surface area contributed by atoms with Gasteiger partial charge in [0, 0.05) is 20.6 Å². The summed E-state index contributed by atoms with van der Waals surface area (Å²) in [5.74, 6) is 3.41. The number of nitrogens with one attached hydrogen (secondary N) is 1. The molecule has 1 heterocycles. The standard InChI is InChI=1S/C23H30N6O/c1-17-6-8-20(9-7-17)16-28(3)23(25-15-22-27-26-18(2)29(22)4)24-14-19-10-12-21(30-5)13-11-19/h6-13H,14-16H2,1-5H3,(H,24,25). The van der Waals surface area contributed by atoms with Gasteiger partial charge in [-0.3, -0.25) is 0 Å². The molecule has 3 rings (SSSR count). The zero-order valence-electron chi connectivity index (χ0n) is 18.4. The fraction of sp³-hybridized carbons (Fsp3) is 0.348. The Bertz CT molecular complexity index is 976. The minimum atomic E-state index is 0.553. The molecule has 7 nitrogen and oxygen atoms in total. The number of benzene rings is 2. The maximum Gasteiger partial charge on any atom is 0.194 e. The molecule has 3 aromatic rings. The third kappa shape index (κ3) is 5.59. The molecule has 0 aliphatic heterocycles. The molecule has 0 saturated heterocycles. The highest BCUT2D eigenvalue weighted by Crippen LogP contribution is 2.12. The Morgan fingerprint density at radius 2 is 1.70 bits per heavy atom. The molecule has 0 aliphatic carbocycles. The first-order valence-corrected chi connectivity index (χ1v) is 9.99. The normalized spacial score (nSPS) is 11.4. The van der Waals surface area contributed by atoms with Gasteiger partial charge in [-0.25, -0.2) is 4.99 Å². The molecule has 0 aliphatic rings. The van der Waals surface area contributed by atoms with Crippen LogP contribution in [0.2, 0.25) is 0 Å². The van der Waals surface area contributed by atoms with Crippen molar-refractivity contribution in [1.29, 1.82) is 0 Å². The third-order valence-electron chi connectivity index (χ3n) is 5.06. The van der Waals surface area contributed by atoms with Crippen LogP contribution in [0.1, 0.15) is 28.3 Å². The number of ether oxygens (including phenoxy) is 1. The number of nitrogens with zero attached hydrogens (tertiary/aromatic N) is 5. The van der Waals surface area contributed by atoms with E-state index in [1.54, 1.807) is 7.11 Å². The number of hydrogen-bond acceptors (Lipinski definition) is 4. The van der Waals surface area contributed by atoms with Crippen molar-refractivity contribution in [3.05, 3.63) is 76.9 Å². The van der Waals surface area contributed by atoms with Crippen molar-refractivity contribution < 1.29 is 4.74 Å². The van der Waals surface area contributed by atoms with Crippen LogP contribution in [0.15, 0.2) is 53.5 Å². The van der Waals surface area contributed by atoms with Gasteiger partial charge in [0.05, 0.1) is 20.2 Å². The Morgan fingerprint density at radius 3 is 2.30 bits per heavy atom. The number of aliphatic imine (C=N–C) groups is 1. The molecule has 30 heavy (non-hydrogen) atoms. The Hall–Kier alpha value is -3.35. The first-order valence-electron chi connectivity index (χ1n) is 9.99. The lowest BCUT2D eigenvalue weighted by Crippen LogP contribution is -2.38. The lowest BCUT2D eigenvalue weighted by Gasteiger charge is -2.22. The van der Waals surface area contributed by atoms with Gasteiger partial charge < -0.3 is 19.5 Å². The smallest absolute Gasteiger partial charge is 0.194 e. The highest BCUT2D eigenvalue weighted by Gasteiger charge is 2.11. The number of guanidine groups is 1. The van der Waals surface area contributed by atoms with Gasteiger partial charge in [-0.2, -0.15) is 0 Å². The maximum atomic E-state index is 5.24. The van der Waals surface area contributed by atoms with Crippen molar-refractivity contribution in [3.63, 3.8) is 0 Å². The van der Waals surface area contributed by atoms with Gasteiger partial charge in [0.1, 0.15) is 11.6 Å². The number of rotatable bonds is 7. The predicted molar refractivity (Wildman–Crippen MR) is 119 cm³/mol. The van der Waals surface area contributed by atoms with Crippen molar-refractivity contribution in [2.24, 2.45) is 12.0 Å². The Kier molecular flexibility index (Phi) is 7.06. The summed E-state index contributed by atoms with van der Waals surface area (Å²) >= 11 is 0. The molecule has 0 amide bonds. The molecule has 0 radical (unpaired) electrons. The summed E-state index contributed by atoms with van der Waals surface area (Å²) in [4.78, 5) is 6.97. The summed E-state index contributed by atoms with van der Waals surface area (Å²) in [5, 5.41) is 11.8. The minimum absolute atomic E-state index is 0.553. The number of hydrogen-bond donors (Lipinski definition) is 1. The molecule has 1 N–H and O–H groups in total. The van der Waals surface area contributed by atoms with Crippen LogP contribution in [0.5, 0.6) is 5.75 Å². The van der Waals surface area contributed by atoms with Gasteiger partial charge in [-0.05, 0) is 37.1 Å². The van der Waals surface area contributed by atoms with Crippen LogP contribution in [0.25, 0.3) is 0 Å². The van der Waals surface area contributed by atoms with E-state index < -0.39 is 0 Å². The molecule has 0 spiro atoms. The van der Waals surface area contributed by atoms with E-state index in [9.17, 15) is 0 Å². The van der Waals surface area contributed by atoms with Crippen molar-refractivity contribution in [1.82, 2.24) is 25.0 Å². The number of aromatic nitrogens is 3. The zero-order valence-corrected chi connectivity index (χ0v) is 18.4. The van der Waals surface area contributed by atoms with Gasteiger partial charge in [-0.15, -0.1) is 10.2 Å². The van der Waals surface area contributed by atoms with Crippen molar-refractivity contribution >= 4 is 5.96 Å². The molecule has 0 saturated carbocycles. The molecular weight excluding hydrogens is 376 g/mol. The lowest BCUT2D eigenvalue weighted by molar-refractivity contribution is 0.414. The SMILES string of the molecule is COc1ccc(CN=C(NCc2nnc(C)n2C)N(C)Cc2ccc(C)cc2)cc1. The van der Waals surface area contributed by atoms with Crippen LogP contribution < -0.4 is 10.1 Å². The fourth-order valence-electron chi connectivity index (χ4n) is 3.01. The summed E-state index contributed by atoms with van der Waals surface area (Å²) in [6, 6.07) is 16.5. The van der Waals surface area contributed by atoms with E-state index in [2.05, 4.69) is 51.6 Å². The summed E-state index contributed by atoms with van der Waals surface area (Å²) in [6.45, 7) is 5.92. The van der Waals surface area contributed by atoms with E-state index in [0.29, 0.717) is 13.1 Å². The Balaban J connectivity index is 1.74. The highest BCUT2D eigenvalue weighted by molar-refractivity contribution is 5.79. The first-order chi connectivity index (χ1) is 14.5. The number of aryl methyl sites for hydroxylation is 2. The second kappa shape index (κ2) is 9.91.